The summed E-state index contributed by atoms with van der Waals surface area (Å²) in [6.45, 7) is 3.77. The van der Waals surface area contributed by atoms with Gasteiger partial charge in [-0.05, 0) is 13.8 Å². The second kappa shape index (κ2) is 4.95. The van der Waals surface area contributed by atoms with Gasteiger partial charge >= 0.3 is 5.97 Å². The van der Waals surface area contributed by atoms with E-state index >= 15 is 0 Å². The van der Waals surface area contributed by atoms with E-state index < -0.39 is 0 Å². The van der Waals surface area contributed by atoms with E-state index in [0.29, 0.717) is 5.82 Å². The fraction of sp³-hybridized carbons (Fsp3) is 0.333. The van der Waals surface area contributed by atoms with Crippen LogP contribution in [0.1, 0.15) is 17.0 Å². The van der Waals surface area contributed by atoms with Gasteiger partial charge in [0.15, 0.2) is 5.82 Å². The Bertz CT molecular complexity index is 563. The van der Waals surface area contributed by atoms with Crippen molar-refractivity contribution in [3.05, 3.63) is 35.5 Å². The van der Waals surface area contributed by atoms with Gasteiger partial charge in [-0.15, -0.1) is 0 Å². The largest absolute Gasteiger partial charge is 0.469 e. The number of aromatic nitrogens is 4. The van der Waals surface area contributed by atoms with E-state index in [2.05, 4.69) is 19.8 Å². The van der Waals surface area contributed by atoms with Crippen molar-refractivity contribution in [1.82, 2.24) is 19.7 Å². The quantitative estimate of drug-likeness (QED) is 0.755. The number of carbonyl (C=O) groups is 1. The highest BCUT2D eigenvalue weighted by Gasteiger charge is 2.16. The summed E-state index contributed by atoms with van der Waals surface area (Å²) in [4.78, 5) is 19.3. The molecule has 0 amide bonds. The SMILES string of the molecule is COC(=O)Cc1c(C)nn(-c2ccncn2)c1C. The number of esters is 1. The lowest BCUT2D eigenvalue weighted by atomic mass is 10.1. The molecule has 0 radical (unpaired) electrons. The van der Waals surface area contributed by atoms with Crippen LogP contribution < -0.4 is 0 Å². The molecular weight excluding hydrogens is 232 g/mol. The number of methoxy groups -OCH3 is 1. The molecule has 0 unspecified atom stereocenters. The molecular formula is C12H14N4O2. The van der Waals surface area contributed by atoms with E-state index in [-0.39, 0.29) is 12.4 Å². The Balaban J connectivity index is 2.41. The van der Waals surface area contributed by atoms with Gasteiger partial charge in [0.05, 0.1) is 19.2 Å². The molecule has 6 heteroatoms. The lowest BCUT2D eigenvalue weighted by Gasteiger charge is -2.03. The molecule has 0 aliphatic heterocycles. The maximum Gasteiger partial charge on any atom is 0.310 e. The Morgan fingerprint density at radius 3 is 2.83 bits per heavy atom. The van der Waals surface area contributed by atoms with Gasteiger partial charge in [-0.3, -0.25) is 4.79 Å². The lowest BCUT2D eigenvalue weighted by molar-refractivity contribution is -0.139. The van der Waals surface area contributed by atoms with Gasteiger partial charge in [0.2, 0.25) is 0 Å². The molecule has 0 N–H and O–H groups in total. The van der Waals surface area contributed by atoms with E-state index in [9.17, 15) is 4.79 Å². The Morgan fingerprint density at radius 1 is 1.44 bits per heavy atom. The van der Waals surface area contributed by atoms with Crippen LogP contribution in [0.15, 0.2) is 18.6 Å². The second-order valence-corrected chi connectivity index (χ2v) is 3.88. The Hall–Kier alpha value is -2.24. The van der Waals surface area contributed by atoms with Gasteiger partial charge in [-0.2, -0.15) is 5.10 Å². The zero-order valence-electron chi connectivity index (χ0n) is 10.5. The number of carbonyl (C=O) groups excluding carboxylic acids is 1. The maximum absolute atomic E-state index is 11.3. The Morgan fingerprint density at radius 2 is 2.22 bits per heavy atom. The summed E-state index contributed by atoms with van der Waals surface area (Å²) in [5, 5.41) is 4.39. The van der Waals surface area contributed by atoms with Crippen molar-refractivity contribution in [2.24, 2.45) is 0 Å². The van der Waals surface area contributed by atoms with Gasteiger partial charge in [0.25, 0.3) is 0 Å². The first-order valence-electron chi connectivity index (χ1n) is 5.51. The van der Waals surface area contributed by atoms with Gasteiger partial charge < -0.3 is 4.74 Å². The molecule has 2 aromatic rings. The van der Waals surface area contributed by atoms with Crippen LogP contribution >= 0.6 is 0 Å². The van der Waals surface area contributed by atoms with Crippen LogP contribution in [0.3, 0.4) is 0 Å². The van der Waals surface area contributed by atoms with Crippen molar-refractivity contribution in [3.63, 3.8) is 0 Å². The lowest BCUT2D eigenvalue weighted by Crippen LogP contribution is -2.07. The zero-order chi connectivity index (χ0) is 13.1. The third kappa shape index (κ3) is 2.22. The molecule has 0 saturated carbocycles. The molecule has 0 fully saturated rings. The van der Waals surface area contributed by atoms with Crippen LogP contribution in [0.25, 0.3) is 5.82 Å². The predicted molar refractivity (Wildman–Crippen MR) is 64.3 cm³/mol. The Kier molecular flexibility index (Phi) is 3.36. The van der Waals surface area contributed by atoms with Gasteiger partial charge in [-0.25, -0.2) is 14.6 Å². The van der Waals surface area contributed by atoms with Crippen molar-refractivity contribution in [2.45, 2.75) is 20.3 Å². The minimum absolute atomic E-state index is 0.221. The minimum atomic E-state index is -0.275. The van der Waals surface area contributed by atoms with Crippen molar-refractivity contribution in [3.8, 4) is 5.82 Å². The van der Waals surface area contributed by atoms with E-state index in [1.165, 1.54) is 13.4 Å². The summed E-state index contributed by atoms with van der Waals surface area (Å²) in [5.41, 5.74) is 2.56. The Labute approximate surface area is 105 Å². The van der Waals surface area contributed by atoms with E-state index in [1.54, 1.807) is 16.9 Å². The van der Waals surface area contributed by atoms with E-state index in [1.807, 2.05) is 13.8 Å². The average Bonchev–Trinajstić information content (AvgIpc) is 2.67. The fourth-order valence-corrected chi connectivity index (χ4v) is 1.78. The van der Waals surface area contributed by atoms with Crippen LogP contribution in [0.4, 0.5) is 0 Å². The molecule has 0 saturated heterocycles. The topological polar surface area (TPSA) is 69.9 Å². The molecule has 0 aromatic carbocycles. The number of hydrogen-bond donors (Lipinski definition) is 0. The van der Waals surface area contributed by atoms with Gasteiger partial charge in [-0.1, -0.05) is 0 Å². The van der Waals surface area contributed by atoms with E-state index in [0.717, 1.165) is 17.0 Å². The van der Waals surface area contributed by atoms with Crippen molar-refractivity contribution < 1.29 is 9.53 Å². The van der Waals surface area contributed by atoms with Gasteiger partial charge in [0.1, 0.15) is 6.33 Å². The molecule has 0 bridgehead atoms. The highest BCUT2D eigenvalue weighted by atomic mass is 16.5. The highest BCUT2D eigenvalue weighted by molar-refractivity contribution is 5.73. The fourth-order valence-electron chi connectivity index (χ4n) is 1.78. The summed E-state index contributed by atoms with van der Waals surface area (Å²) >= 11 is 0. The first-order chi connectivity index (χ1) is 8.63. The number of aryl methyl sites for hydroxylation is 1. The molecule has 0 atom stereocenters. The summed E-state index contributed by atoms with van der Waals surface area (Å²) in [5.74, 6) is 0.408. The van der Waals surface area contributed by atoms with E-state index in [4.69, 9.17) is 0 Å². The maximum atomic E-state index is 11.3. The smallest absolute Gasteiger partial charge is 0.310 e. The first kappa shape index (κ1) is 12.2. The molecule has 18 heavy (non-hydrogen) atoms. The van der Waals surface area contributed by atoms with Crippen LogP contribution in [0.2, 0.25) is 0 Å². The predicted octanol–water partition coefficient (Wildman–Crippen LogP) is 0.995. The number of hydrogen-bond acceptors (Lipinski definition) is 5. The standard InChI is InChI=1S/C12H14N4O2/c1-8-10(6-12(17)18-3)9(2)16(15-8)11-4-5-13-7-14-11/h4-5,7H,6H2,1-3H3. The first-order valence-corrected chi connectivity index (χ1v) is 5.51. The number of ether oxygens (including phenoxy) is 1. The minimum Gasteiger partial charge on any atom is -0.469 e. The van der Waals surface area contributed by atoms with Crippen LogP contribution in [0, 0.1) is 13.8 Å². The van der Waals surface area contributed by atoms with Crippen LogP contribution in [-0.4, -0.2) is 32.8 Å². The number of rotatable bonds is 3. The highest BCUT2D eigenvalue weighted by Crippen LogP contribution is 2.17. The monoisotopic (exact) mass is 246 g/mol. The molecule has 94 valence electrons. The zero-order valence-corrected chi connectivity index (χ0v) is 10.5. The summed E-state index contributed by atoms with van der Waals surface area (Å²) < 4.78 is 6.38. The third-order valence-electron chi connectivity index (χ3n) is 2.77. The third-order valence-corrected chi connectivity index (χ3v) is 2.77. The van der Waals surface area contributed by atoms with Crippen LogP contribution in [-0.2, 0) is 16.0 Å². The molecule has 2 rings (SSSR count). The van der Waals surface area contributed by atoms with Crippen LogP contribution in [0.5, 0.6) is 0 Å². The average molecular weight is 246 g/mol. The van der Waals surface area contributed by atoms with Gasteiger partial charge in [0, 0.05) is 23.5 Å². The molecule has 6 nitrogen and oxygen atoms in total. The van der Waals surface area contributed by atoms with Crippen molar-refractivity contribution in [1.29, 1.82) is 0 Å². The summed E-state index contributed by atoms with van der Waals surface area (Å²) in [6, 6.07) is 1.77. The summed E-state index contributed by atoms with van der Waals surface area (Å²) in [6.07, 6.45) is 3.34. The molecule has 0 aliphatic rings. The van der Waals surface area contributed by atoms with Crippen molar-refractivity contribution in [2.75, 3.05) is 7.11 Å². The normalized spacial score (nSPS) is 10.4. The molecule has 0 aliphatic carbocycles. The molecule has 0 spiro atoms. The number of nitrogens with zero attached hydrogens (tertiary/aromatic N) is 4. The second-order valence-electron chi connectivity index (χ2n) is 3.88. The summed E-state index contributed by atoms with van der Waals surface area (Å²) in [7, 11) is 1.38. The molecule has 2 heterocycles. The van der Waals surface area contributed by atoms with Crippen molar-refractivity contribution >= 4 is 5.97 Å². The molecule has 2 aromatic heterocycles.